The molecule has 0 spiro atoms. The number of nitrogens with zero attached hydrogens (tertiary/aromatic N) is 1. The summed E-state index contributed by atoms with van der Waals surface area (Å²) in [6.45, 7) is 6.14. The summed E-state index contributed by atoms with van der Waals surface area (Å²) < 4.78 is 5.38. The maximum absolute atomic E-state index is 13.7. The number of hydrogen-bond donors (Lipinski definition) is 1. The second-order valence-electron chi connectivity index (χ2n) is 9.48. The monoisotopic (exact) mass is 458 g/mol. The Morgan fingerprint density at radius 2 is 1.44 bits per heavy atom. The molecule has 0 unspecified atom stereocenters. The standard InChI is InChI=1S/C29H34N2O3/c1-29(2,3)30-28(33)26(19-22-12-7-5-8-13-22)31(21-24-16-11-17-25(18-24)34-4)27(32)20-23-14-9-6-10-15-23/h5-18,26H,19-21H2,1-4H3,(H,30,33)/t26-/m1/s1. The second-order valence-corrected chi connectivity index (χ2v) is 9.48. The van der Waals surface area contributed by atoms with E-state index in [4.69, 9.17) is 4.74 Å². The number of hydrogen-bond acceptors (Lipinski definition) is 3. The molecule has 178 valence electrons. The molecule has 5 nitrogen and oxygen atoms in total. The summed E-state index contributed by atoms with van der Waals surface area (Å²) in [6, 6.07) is 26.4. The number of methoxy groups -OCH3 is 1. The number of ether oxygens (including phenoxy) is 1. The van der Waals surface area contributed by atoms with E-state index in [1.807, 2.05) is 106 Å². The van der Waals surface area contributed by atoms with Crippen molar-refractivity contribution in [3.63, 3.8) is 0 Å². The fourth-order valence-corrected chi connectivity index (χ4v) is 3.85. The highest BCUT2D eigenvalue weighted by Gasteiger charge is 2.32. The Kier molecular flexibility index (Phi) is 8.47. The van der Waals surface area contributed by atoms with E-state index in [1.165, 1.54) is 0 Å². The van der Waals surface area contributed by atoms with Gasteiger partial charge in [0.15, 0.2) is 0 Å². The Labute approximate surface area is 202 Å². The van der Waals surface area contributed by atoms with Crippen molar-refractivity contribution >= 4 is 11.8 Å². The van der Waals surface area contributed by atoms with E-state index in [2.05, 4.69) is 5.32 Å². The van der Waals surface area contributed by atoms with Crippen LogP contribution in [0.2, 0.25) is 0 Å². The molecule has 1 atom stereocenters. The number of benzene rings is 3. The van der Waals surface area contributed by atoms with Gasteiger partial charge in [0.05, 0.1) is 13.5 Å². The van der Waals surface area contributed by atoms with Crippen LogP contribution in [0.25, 0.3) is 0 Å². The van der Waals surface area contributed by atoms with E-state index in [0.717, 1.165) is 16.7 Å². The zero-order chi connectivity index (χ0) is 24.6. The third kappa shape index (κ3) is 7.48. The van der Waals surface area contributed by atoms with Crippen LogP contribution in [0, 0.1) is 0 Å². The van der Waals surface area contributed by atoms with Gasteiger partial charge in [0.1, 0.15) is 11.8 Å². The summed E-state index contributed by atoms with van der Waals surface area (Å²) >= 11 is 0. The highest BCUT2D eigenvalue weighted by molar-refractivity contribution is 5.89. The van der Waals surface area contributed by atoms with Gasteiger partial charge in [-0.05, 0) is 49.6 Å². The van der Waals surface area contributed by atoms with Gasteiger partial charge in [0.25, 0.3) is 0 Å². The molecule has 0 aliphatic rings. The average molecular weight is 459 g/mol. The Hall–Kier alpha value is -3.60. The highest BCUT2D eigenvalue weighted by Crippen LogP contribution is 2.20. The SMILES string of the molecule is COc1cccc(CN(C(=O)Cc2ccccc2)[C@H](Cc2ccccc2)C(=O)NC(C)(C)C)c1. The summed E-state index contributed by atoms with van der Waals surface area (Å²) in [5, 5.41) is 3.09. The lowest BCUT2D eigenvalue weighted by Crippen LogP contribution is -2.54. The van der Waals surface area contributed by atoms with Gasteiger partial charge in [0, 0.05) is 18.5 Å². The Bertz CT molecular complexity index is 1080. The molecule has 3 aromatic rings. The van der Waals surface area contributed by atoms with Crippen LogP contribution >= 0.6 is 0 Å². The lowest BCUT2D eigenvalue weighted by molar-refractivity contribution is -0.141. The number of nitrogens with one attached hydrogen (secondary N) is 1. The Morgan fingerprint density at radius 1 is 0.853 bits per heavy atom. The van der Waals surface area contributed by atoms with Crippen molar-refractivity contribution in [2.24, 2.45) is 0 Å². The summed E-state index contributed by atoms with van der Waals surface area (Å²) in [6.07, 6.45) is 0.645. The van der Waals surface area contributed by atoms with E-state index < -0.39 is 11.6 Å². The molecular formula is C29H34N2O3. The Morgan fingerprint density at radius 3 is 2.03 bits per heavy atom. The molecule has 3 rings (SSSR count). The highest BCUT2D eigenvalue weighted by atomic mass is 16.5. The van der Waals surface area contributed by atoms with Gasteiger partial charge >= 0.3 is 0 Å². The van der Waals surface area contributed by atoms with Crippen molar-refractivity contribution in [3.8, 4) is 5.75 Å². The average Bonchev–Trinajstić information content (AvgIpc) is 2.81. The molecule has 0 saturated carbocycles. The molecule has 0 radical (unpaired) electrons. The van der Waals surface area contributed by atoms with Crippen molar-refractivity contribution in [2.75, 3.05) is 7.11 Å². The largest absolute Gasteiger partial charge is 0.497 e. The van der Waals surface area contributed by atoms with Crippen molar-refractivity contribution in [1.82, 2.24) is 10.2 Å². The smallest absolute Gasteiger partial charge is 0.243 e. The summed E-state index contributed by atoms with van der Waals surface area (Å²) in [4.78, 5) is 28.9. The van der Waals surface area contributed by atoms with Crippen molar-refractivity contribution in [3.05, 3.63) is 102 Å². The van der Waals surface area contributed by atoms with Crippen molar-refractivity contribution < 1.29 is 14.3 Å². The molecule has 3 aromatic carbocycles. The van der Waals surface area contributed by atoms with E-state index in [9.17, 15) is 9.59 Å². The van der Waals surface area contributed by atoms with Gasteiger partial charge in [-0.3, -0.25) is 9.59 Å². The number of carbonyl (C=O) groups excluding carboxylic acids is 2. The maximum atomic E-state index is 13.7. The normalized spacial score (nSPS) is 12.0. The molecule has 0 bridgehead atoms. The molecule has 0 heterocycles. The molecule has 0 aliphatic heterocycles. The fraction of sp³-hybridized carbons (Fsp3) is 0.310. The number of rotatable bonds is 9. The van der Waals surface area contributed by atoms with E-state index >= 15 is 0 Å². The minimum Gasteiger partial charge on any atom is -0.497 e. The molecular weight excluding hydrogens is 424 g/mol. The third-order valence-corrected chi connectivity index (χ3v) is 5.45. The Balaban J connectivity index is 1.99. The first-order chi connectivity index (χ1) is 16.2. The zero-order valence-corrected chi connectivity index (χ0v) is 20.5. The maximum Gasteiger partial charge on any atom is 0.243 e. The van der Waals surface area contributed by atoms with Gasteiger partial charge in [0.2, 0.25) is 11.8 Å². The third-order valence-electron chi connectivity index (χ3n) is 5.45. The van der Waals surface area contributed by atoms with Crippen molar-refractivity contribution in [2.45, 2.75) is 51.7 Å². The van der Waals surface area contributed by atoms with Crippen molar-refractivity contribution in [1.29, 1.82) is 0 Å². The lowest BCUT2D eigenvalue weighted by atomic mass is 10.00. The van der Waals surface area contributed by atoms with Crippen LogP contribution in [-0.2, 0) is 29.0 Å². The first-order valence-electron chi connectivity index (χ1n) is 11.6. The molecule has 34 heavy (non-hydrogen) atoms. The van der Waals surface area contributed by atoms with Gasteiger partial charge in [-0.15, -0.1) is 0 Å². The number of carbonyl (C=O) groups is 2. The van der Waals surface area contributed by atoms with E-state index in [1.54, 1.807) is 12.0 Å². The van der Waals surface area contributed by atoms with Crippen LogP contribution in [0.4, 0.5) is 0 Å². The molecule has 1 N–H and O–H groups in total. The summed E-state index contributed by atoms with van der Waals surface area (Å²) in [5.74, 6) is 0.450. The van der Waals surface area contributed by atoms with Crippen LogP contribution in [0.15, 0.2) is 84.9 Å². The van der Waals surface area contributed by atoms with Gasteiger partial charge in [-0.25, -0.2) is 0 Å². The van der Waals surface area contributed by atoms with Crippen LogP contribution < -0.4 is 10.1 Å². The fourth-order valence-electron chi connectivity index (χ4n) is 3.85. The predicted octanol–water partition coefficient (Wildman–Crippen LogP) is 4.79. The zero-order valence-electron chi connectivity index (χ0n) is 20.5. The first-order valence-corrected chi connectivity index (χ1v) is 11.6. The lowest BCUT2D eigenvalue weighted by Gasteiger charge is -2.34. The molecule has 0 aliphatic carbocycles. The number of amides is 2. The van der Waals surface area contributed by atoms with E-state index in [0.29, 0.717) is 18.7 Å². The quantitative estimate of drug-likeness (QED) is 0.501. The van der Waals surface area contributed by atoms with Gasteiger partial charge < -0.3 is 15.0 Å². The second kappa shape index (κ2) is 11.5. The summed E-state index contributed by atoms with van der Waals surface area (Å²) in [5.41, 5.74) is 2.40. The molecule has 0 fully saturated rings. The minimum absolute atomic E-state index is 0.0981. The van der Waals surface area contributed by atoms with Crippen LogP contribution in [0.5, 0.6) is 5.75 Å². The van der Waals surface area contributed by atoms with E-state index in [-0.39, 0.29) is 18.2 Å². The van der Waals surface area contributed by atoms with Crippen LogP contribution in [0.3, 0.4) is 0 Å². The minimum atomic E-state index is -0.663. The van der Waals surface area contributed by atoms with Gasteiger partial charge in [-0.2, -0.15) is 0 Å². The van der Waals surface area contributed by atoms with Gasteiger partial charge in [-0.1, -0.05) is 72.8 Å². The molecule has 2 amide bonds. The first kappa shape index (κ1) is 25.0. The van der Waals surface area contributed by atoms with Crippen LogP contribution in [0.1, 0.15) is 37.5 Å². The molecule has 0 aromatic heterocycles. The summed E-state index contributed by atoms with van der Waals surface area (Å²) in [7, 11) is 1.62. The molecule has 0 saturated heterocycles. The predicted molar refractivity (Wildman–Crippen MR) is 136 cm³/mol. The molecule has 5 heteroatoms. The van der Waals surface area contributed by atoms with Crippen LogP contribution in [-0.4, -0.2) is 35.4 Å². The topological polar surface area (TPSA) is 58.6 Å².